The molecule has 1 amide bonds. The first-order chi connectivity index (χ1) is 29.1. The van der Waals surface area contributed by atoms with E-state index in [0.29, 0.717) is 43.4 Å². The summed E-state index contributed by atoms with van der Waals surface area (Å²) in [5, 5.41) is 0. The van der Waals surface area contributed by atoms with Crippen LogP contribution >= 0.6 is 0 Å². The van der Waals surface area contributed by atoms with E-state index in [-0.39, 0.29) is 83.5 Å². The number of methoxy groups -OCH3 is 1. The van der Waals surface area contributed by atoms with Crippen molar-refractivity contribution in [1.82, 2.24) is 4.90 Å². The van der Waals surface area contributed by atoms with Gasteiger partial charge >= 0.3 is 29.8 Å². The summed E-state index contributed by atoms with van der Waals surface area (Å²) in [6.07, 6.45) is 17.6. The number of hydrogen-bond donors (Lipinski definition) is 0. The zero-order valence-electron chi connectivity index (χ0n) is 38.7. The SMILES string of the molecule is COCC(C)(COC(=O)CCC1CCC(C)CC1)COC(=O)CCN(C=O)CCC(=O)OCC(C)(COC(=O)CCC1CCC(C)CC1)COC(=O)CCC1CCC(C)CC1. The number of ether oxygens (including phenoxy) is 6. The molecule has 3 aliphatic rings. The third kappa shape index (κ3) is 22.1. The van der Waals surface area contributed by atoms with E-state index < -0.39 is 22.8 Å². The molecule has 0 spiro atoms. The molecule has 0 aromatic rings. The van der Waals surface area contributed by atoms with Crippen LogP contribution in [0.5, 0.6) is 0 Å². The van der Waals surface area contributed by atoms with Gasteiger partial charge in [0.15, 0.2) is 0 Å². The van der Waals surface area contributed by atoms with Crippen LogP contribution in [0.25, 0.3) is 0 Å². The number of amides is 1. The van der Waals surface area contributed by atoms with Gasteiger partial charge in [-0.15, -0.1) is 0 Å². The van der Waals surface area contributed by atoms with Gasteiger partial charge in [0.2, 0.25) is 6.41 Å². The first kappa shape index (κ1) is 52.1. The van der Waals surface area contributed by atoms with E-state index >= 15 is 0 Å². The molecule has 0 aromatic carbocycles. The highest BCUT2D eigenvalue weighted by atomic mass is 16.6. The molecule has 0 radical (unpaired) electrons. The molecule has 3 fully saturated rings. The molecular formula is C48H81NO12. The highest BCUT2D eigenvalue weighted by Gasteiger charge is 2.32. The molecule has 1 atom stereocenters. The van der Waals surface area contributed by atoms with Gasteiger partial charge in [0.1, 0.15) is 33.0 Å². The van der Waals surface area contributed by atoms with Gasteiger partial charge in [0.25, 0.3) is 0 Å². The van der Waals surface area contributed by atoms with Gasteiger partial charge in [-0.05, 0) is 61.7 Å². The molecule has 0 saturated heterocycles. The average molecular weight is 864 g/mol. The van der Waals surface area contributed by atoms with Crippen molar-refractivity contribution < 1.29 is 57.2 Å². The Morgan fingerprint density at radius 2 is 0.721 bits per heavy atom. The molecule has 1 unspecified atom stereocenters. The second-order valence-electron chi connectivity index (χ2n) is 20.0. The Balaban J connectivity index is 1.41. The molecular weight excluding hydrogens is 783 g/mol. The summed E-state index contributed by atoms with van der Waals surface area (Å²) in [6, 6.07) is 0. The molecule has 3 saturated carbocycles. The average Bonchev–Trinajstić information content (AvgIpc) is 3.25. The Kier molecular flexibility index (Phi) is 23.7. The molecule has 0 heterocycles. The summed E-state index contributed by atoms with van der Waals surface area (Å²) in [7, 11) is 1.53. The van der Waals surface area contributed by atoms with E-state index in [1.807, 2.05) is 6.92 Å². The lowest BCUT2D eigenvalue weighted by Gasteiger charge is -2.29. The maximum Gasteiger partial charge on any atom is 0.307 e. The molecule has 61 heavy (non-hydrogen) atoms. The lowest BCUT2D eigenvalue weighted by Crippen LogP contribution is -2.37. The smallest absolute Gasteiger partial charge is 0.307 e. The number of rotatable bonds is 28. The van der Waals surface area contributed by atoms with Crippen molar-refractivity contribution in [2.75, 3.05) is 59.8 Å². The molecule has 3 aliphatic carbocycles. The Bertz CT molecular complexity index is 1290. The van der Waals surface area contributed by atoms with Crippen LogP contribution in [0.2, 0.25) is 0 Å². The van der Waals surface area contributed by atoms with Crippen molar-refractivity contribution in [3.05, 3.63) is 0 Å². The van der Waals surface area contributed by atoms with Crippen LogP contribution in [0.4, 0.5) is 0 Å². The van der Waals surface area contributed by atoms with Gasteiger partial charge in [-0.1, -0.05) is 105 Å². The molecule has 0 aliphatic heterocycles. The second-order valence-corrected chi connectivity index (χ2v) is 20.0. The van der Waals surface area contributed by atoms with Gasteiger partial charge in [-0.25, -0.2) is 0 Å². The van der Waals surface area contributed by atoms with Crippen LogP contribution in [0.15, 0.2) is 0 Å². The maximum atomic E-state index is 12.9. The zero-order valence-corrected chi connectivity index (χ0v) is 38.7. The molecule has 0 bridgehead atoms. The van der Waals surface area contributed by atoms with Crippen molar-refractivity contribution in [1.29, 1.82) is 0 Å². The topological polar surface area (TPSA) is 161 Å². The van der Waals surface area contributed by atoms with Crippen molar-refractivity contribution in [2.45, 2.75) is 163 Å². The normalized spacial score (nSPS) is 24.9. The van der Waals surface area contributed by atoms with Crippen molar-refractivity contribution in [3.8, 4) is 0 Å². The maximum absolute atomic E-state index is 12.9. The second kappa shape index (κ2) is 27.8. The van der Waals surface area contributed by atoms with Gasteiger partial charge in [-0.3, -0.25) is 28.8 Å². The van der Waals surface area contributed by atoms with E-state index in [2.05, 4.69) is 20.8 Å². The molecule has 0 aromatic heterocycles. The fourth-order valence-corrected chi connectivity index (χ4v) is 8.74. The van der Waals surface area contributed by atoms with Crippen molar-refractivity contribution >= 4 is 36.3 Å². The lowest BCUT2D eigenvalue weighted by atomic mass is 9.81. The Morgan fingerprint density at radius 3 is 0.984 bits per heavy atom. The Labute approximate surface area is 366 Å². The Hall–Kier alpha value is -3.22. The van der Waals surface area contributed by atoms with E-state index in [0.717, 1.165) is 75.5 Å². The molecule has 350 valence electrons. The Morgan fingerprint density at radius 1 is 0.459 bits per heavy atom. The van der Waals surface area contributed by atoms with Gasteiger partial charge in [0, 0.05) is 39.5 Å². The third-order valence-electron chi connectivity index (χ3n) is 13.4. The van der Waals surface area contributed by atoms with Crippen LogP contribution in [0.1, 0.15) is 163 Å². The quantitative estimate of drug-likeness (QED) is 0.0420. The largest absolute Gasteiger partial charge is 0.465 e. The highest BCUT2D eigenvalue weighted by Crippen LogP contribution is 2.33. The van der Waals surface area contributed by atoms with Crippen LogP contribution in [0, 0.1) is 46.3 Å². The number of carbonyl (C=O) groups is 6. The van der Waals surface area contributed by atoms with Crippen molar-refractivity contribution in [2.24, 2.45) is 46.3 Å². The van der Waals surface area contributed by atoms with Gasteiger partial charge in [0.05, 0.1) is 30.3 Å². The van der Waals surface area contributed by atoms with Crippen LogP contribution < -0.4 is 0 Å². The van der Waals surface area contributed by atoms with Crippen LogP contribution in [-0.2, 0) is 57.2 Å². The van der Waals surface area contributed by atoms with E-state index in [1.165, 1.54) is 50.5 Å². The standard InChI is InChI=1S/C48H81NO12/c1-36-7-13-39(14-8-36)19-22-42(51)57-30-47(4,29-56-6)31-60-45(54)25-27-49(35-50)28-26-46(55)61-34-48(5,32-58-43(52)23-20-40-15-9-37(2)10-16-40)33-59-44(53)24-21-41-17-11-38(3)12-18-41/h35-41H,7-34H2,1-6H3. The van der Waals surface area contributed by atoms with Crippen LogP contribution in [-0.4, -0.2) is 101 Å². The minimum Gasteiger partial charge on any atom is -0.465 e. The summed E-state index contributed by atoms with van der Waals surface area (Å²) in [4.78, 5) is 76.9. The predicted octanol–water partition coefficient (Wildman–Crippen LogP) is 8.42. The molecule has 3 rings (SSSR count). The lowest BCUT2D eigenvalue weighted by molar-refractivity contribution is -0.161. The zero-order chi connectivity index (χ0) is 44.7. The minimum atomic E-state index is -0.973. The summed E-state index contributed by atoms with van der Waals surface area (Å²) in [5.74, 6) is 1.76. The highest BCUT2D eigenvalue weighted by molar-refractivity contribution is 5.72. The predicted molar refractivity (Wildman–Crippen MR) is 231 cm³/mol. The molecule has 0 N–H and O–H groups in total. The van der Waals surface area contributed by atoms with E-state index in [4.69, 9.17) is 28.4 Å². The van der Waals surface area contributed by atoms with Crippen molar-refractivity contribution in [3.63, 3.8) is 0 Å². The minimum absolute atomic E-state index is 0.00735. The summed E-state index contributed by atoms with van der Waals surface area (Å²) < 4.78 is 33.4. The molecule has 13 heteroatoms. The fourth-order valence-electron chi connectivity index (χ4n) is 8.74. The number of hydrogen-bond acceptors (Lipinski definition) is 12. The first-order valence-electron chi connectivity index (χ1n) is 23.6. The first-order valence-corrected chi connectivity index (χ1v) is 23.6. The third-order valence-corrected chi connectivity index (χ3v) is 13.4. The summed E-state index contributed by atoms with van der Waals surface area (Å²) in [5.41, 5.74) is -1.72. The van der Waals surface area contributed by atoms with E-state index in [1.54, 1.807) is 6.92 Å². The fraction of sp³-hybridized carbons (Fsp3) is 0.875. The van der Waals surface area contributed by atoms with Crippen LogP contribution in [0.3, 0.4) is 0 Å². The monoisotopic (exact) mass is 864 g/mol. The summed E-state index contributed by atoms with van der Waals surface area (Å²) >= 11 is 0. The van der Waals surface area contributed by atoms with Gasteiger partial charge < -0.3 is 33.3 Å². The number of carbonyl (C=O) groups excluding carboxylic acids is 6. The molecule has 13 nitrogen and oxygen atoms in total. The number of esters is 5. The summed E-state index contributed by atoms with van der Waals surface area (Å²) in [6.45, 7) is 10.3. The van der Waals surface area contributed by atoms with E-state index in [9.17, 15) is 28.8 Å². The number of nitrogens with zero attached hydrogens (tertiary/aromatic N) is 1. The van der Waals surface area contributed by atoms with Gasteiger partial charge in [-0.2, -0.15) is 0 Å².